The van der Waals surface area contributed by atoms with E-state index in [1.54, 1.807) is 30.9 Å². The Balaban J connectivity index is 0. The van der Waals surface area contributed by atoms with Crippen molar-refractivity contribution in [3.63, 3.8) is 0 Å². The standard InChI is InChI=1S/C14H18N2O3S.2C2H6.I2/c1-16(10-5-3-4-9(6-10)14(18)19)13(17)12-7-11(20-2)8-15-12;3*1-2/h3-6,11-12,15H,7-8H2,1-2H3,(H,18,19);2*1-2H3;. The molecule has 0 bridgehead atoms. The van der Waals surface area contributed by atoms with Crippen LogP contribution < -0.4 is 10.2 Å². The zero-order valence-corrected chi connectivity index (χ0v) is 21.4. The lowest BCUT2D eigenvalue weighted by atomic mass is 10.1. The molecule has 0 aromatic heterocycles. The minimum Gasteiger partial charge on any atom is -0.478 e. The first-order valence-corrected chi connectivity index (χ1v) is 16.1. The highest BCUT2D eigenvalue weighted by molar-refractivity contribution is 15.0. The van der Waals surface area contributed by atoms with Gasteiger partial charge in [0.25, 0.3) is 0 Å². The Hall–Kier alpha value is -0.0700. The van der Waals surface area contributed by atoms with Crippen LogP contribution >= 0.6 is 49.0 Å². The van der Waals surface area contributed by atoms with Crippen LogP contribution in [0.2, 0.25) is 0 Å². The summed E-state index contributed by atoms with van der Waals surface area (Å²) in [5.74, 6) is -1.02. The zero-order chi connectivity index (χ0) is 20.7. The number of nitrogens with one attached hydrogen (secondary N) is 1. The van der Waals surface area contributed by atoms with E-state index in [9.17, 15) is 9.59 Å². The second kappa shape index (κ2) is 17.1. The Kier molecular flexibility index (Phi) is 18.5. The number of carboxylic acids is 1. The number of rotatable bonds is 4. The fourth-order valence-electron chi connectivity index (χ4n) is 2.28. The molecule has 1 amide bonds. The van der Waals surface area contributed by atoms with Gasteiger partial charge in [-0.15, -0.1) is 0 Å². The monoisotopic (exact) mass is 608 g/mol. The normalized spacial score (nSPS) is 17.4. The van der Waals surface area contributed by atoms with Crippen molar-refractivity contribution in [3.05, 3.63) is 29.8 Å². The van der Waals surface area contributed by atoms with Crippen molar-refractivity contribution in [3.8, 4) is 0 Å². The first kappa shape index (κ1) is 28.1. The third-order valence-corrected chi connectivity index (χ3v) is 4.56. The Labute approximate surface area is 185 Å². The van der Waals surface area contributed by atoms with Gasteiger partial charge >= 0.3 is 5.97 Å². The first-order valence-electron chi connectivity index (χ1n) is 8.54. The van der Waals surface area contributed by atoms with E-state index < -0.39 is 5.97 Å². The third-order valence-electron chi connectivity index (χ3n) is 3.53. The van der Waals surface area contributed by atoms with E-state index in [2.05, 4.69) is 42.5 Å². The second-order valence-electron chi connectivity index (χ2n) is 4.81. The molecule has 2 unspecified atom stereocenters. The van der Waals surface area contributed by atoms with Crippen molar-refractivity contribution >= 4 is 66.6 Å². The number of carbonyl (C=O) groups is 2. The Bertz CT molecular complexity index is 533. The van der Waals surface area contributed by atoms with Crippen LogP contribution in [0, 0.1) is 0 Å². The molecule has 8 heteroatoms. The average molecular weight is 608 g/mol. The summed E-state index contributed by atoms with van der Waals surface area (Å²) < 4.78 is 0. The number of nitrogens with zero attached hydrogens (tertiary/aromatic N) is 1. The fraction of sp³-hybridized carbons (Fsp3) is 0.556. The van der Waals surface area contributed by atoms with Gasteiger partial charge in [0, 0.05) is 61.8 Å². The molecule has 0 radical (unpaired) electrons. The van der Waals surface area contributed by atoms with Crippen LogP contribution in [-0.4, -0.2) is 48.1 Å². The largest absolute Gasteiger partial charge is 0.478 e. The lowest BCUT2D eigenvalue weighted by Crippen LogP contribution is -2.41. The zero-order valence-electron chi connectivity index (χ0n) is 16.3. The minimum atomic E-state index is -0.992. The highest BCUT2D eigenvalue weighted by Crippen LogP contribution is 2.22. The number of likely N-dealkylation sites (N-methyl/N-ethyl adjacent to an activating group) is 1. The van der Waals surface area contributed by atoms with Gasteiger partial charge < -0.3 is 15.3 Å². The molecule has 1 heterocycles. The summed E-state index contributed by atoms with van der Waals surface area (Å²) in [6, 6.07) is 6.23. The van der Waals surface area contributed by atoms with E-state index in [-0.39, 0.29) is 17.5 Å². The summed E-state index contributed by atoms with van der Waals surface area (Å²) in [4.78, 5) is 24.9. The van der Waals surface area contributed by atoms with Crippen LogP contribution in [0.4, 0.5) is 5.69 Å². The van der Waals surface area contributed by atoms with Gasteiger partial charge in [0.15, 0.2) is 0 Å². The van der Waals surface area contributed by atoms with Crippen molar-refractivity contribution in [1.29, 1.82) is 0 Å². The van der Waals surface area contributed by atoms with Gasteiger partial charge in [0.1, 0.15) is 0 Å². The molecule has 1 aromatic carbocycles. The van der Waals surface area contributed by atoms with Crippen molar-refractivity contribution in [2.75, 3.05) is 24.7 Å². The van der Waals surface area contributed by atoms with Gasteiger partial charge in [-0.1, -0.05) is 33.8 Å². The summed E-state index contributed by atoms with van der Waals surface area (Å²) in [7, 11) is 1.68. The van der Waals surface area contributed by atoms with Gasteiger partial charge in [-0.3, -0.25) is 4.79 Å². The number of thioether (sulfide) groups is 1. The van der Waals surface area contributed by atoms with Crippen molar-refractivity contribution in [1.82, 2.24) is 5.32 Å². The predicted octanol–water partition coefficient (Wildman–Crippen LogP) is 5.26. The molecule has 1 aliphatic rings. The number of hydrogen-bond donors (Lipinski definition) is 2. The van der Waals surface area contributed by atoms with Crippen molar-refractivity contribution in [2.45, 2.75) is 45.4 Å². The second-order valence-corrected chi connectivity index (χ2v) is 5.95. The van der Waals surface area contributed by atoms with Gasteiger partial charge in [-0.25, -0.2) is 4.79 Å². The van der Waals surface area contributed by atoms with Gasteiger partial charge in [-0.05, 0) is 30.9 Å². The molecule has 1 saturated heterocycles. The molecular weight excluding hydrogens is 578 g/mol. The fourth-order valence-corrected chi connectivity index (χ4v) is 2.93. The van der Waals surface area contributed by atoms with Crippen molar-refractivity contribution in [2.24, 2.45) is 0 Å². The maximum Gasteiger partial charge on any atom is 0.335 e. The molecule has 0 saturated carbocycles. The summed E-state index contributed by atoms with van der Waals surface area (Å²) in [5, 5.41) is 12.7. The SMILES string of the molecule is CC.CC.CSC1CNC(C(=O)N(C)c2cccc(C(=O)O)c2)C1.II. The van der Waals surface area contributed by atoms with Gasteiger partial charge in [-0.2, -0.15) is 11.8 Å². The summed E-state index contributed by atoms with van der Waals surface area (Å²) in [6.07, 6.45) is 2.85. The average Bonchev–Trinajstić information content (AvgIpc) is 3.21. The summed E-state index contributed by atoms with van der Waals surface area (Å²) in [5.41, 5.74) is 0.785. The van der Waals surface area contributed by atoms with Crippen LogP contribution in [0.25, 0.3) is 0 Å². The molecule has 150 valence electrons. The van der Waals surface area contributed by atoms with E-state index in [0.29, 0.717) is 10.9 Å². The lowest BCUT2D eigenvalue weighted by molar-refractivity contribution is -0.119. The van der Waals surface area contributed by atoms with Crippen LogP contribution in [0.5, 0.6) is 0 Å². The molecule has 26 heavy (non-hydrogen) atoms. The van der Waals surface area contributed by atoms with Crippen LogP contribution in [-0.2, 0) is 4.79 Å². The molecule has 1 fully saturated rings. The maximum absolute atomic E-state index is 12.4. The van der Waals surface area contributed by atoms with Crippen LogP contribution in [0.3, 0.4) is 0 Å². The molecule has 2 N–H and O–H groups in total. The van der Waals surface area contributed by atoms with E-state index in [1.165, 1.54) is 17.0 Å². The van der Waals surface area contributed by atoms with Crippen molar-refractivity contribution < 1.29 is 14.7 Å². The number of carboxylic acid groups (broad SMARTS) is 1. The Morgan fingerprint density at radius 3 is 2.27 bits per heavy atom. The number of benzene rings is 1. The highest BCUT2D eigenvalue weighted by atomic mass is 128. The molecule has 2 atom stereocenters. The molecule has 0 aliphatic carbocycles. The summed E-state index contributed by atoms with van der Waals surface area (Å²) in [6.45, 7) is 8.83. The van der Waals surface area contributed by atoms with Gasteiger partial charge in [0.2, 0.25) is 5.91 Å². The topological polar surface area (TPSA) is 69.6 Å². The predicted molar refractivity (Wildman–Crippen MR) is 131 cm³/mol. The highest BCUT2D eigenvalue weighted by Gasteiger charge is 2.31. The number of hydrogen-bond acceptors (Lipinski definition) is 4. The Morgan fingerprint density at radius 1 is 1.23 bits per heavy atom. The van der Waals surface area contributed by atoms with Gasteiger partial charge in [0.05, 0.1) is 11.6 Å². The third kappa shape index (κ3) is 9.23. The van der Waals surface area contributed by atoms with Crippen LogP contribution in [0.1, 0.15) is 44.5 Å². The molecular formula is C18H30I2N2O3S. The number of aromatic carboxylic acids is 1. The number of halogens is 2. The van der Waals surface area contributed by atoms with E-state index in [1.807, 2.05) is 34.0 Å². The van der Waals surface area contributed by atoms with Crippen LogP contribution in [0.15, 0.2) is 24.3 Å². The molecule has 1 aromatic rings. The Morgan fingerprint density at radius 2 is 1.81 bits per heavy atom. The van der Waals surface area contributed by atoms with E-state index >= 15 is 0 Å². The van der Waals surface area contributed by atoms with E-state index in [0.717, 1.165) is 13.0 Å². The maximum atomic E-state index is 12.4. The quantitative estimate of drug-likeness (QED) is 0.457. The minimum absolute atomic E-state index is 0.0240. The molecule has 1 aliphatic heterocycles. The first-order chi connectivity index (χ1) is 12.5. The number of amides is 1. The van der Waals surface area contributed by atoms with E-state index in [4.69, 9.17) is 5.11 Å². The molecule has 0 spiro atoms. The summed E-state index contributed by atoms with van der Waals surface area (Å²) >= 11 is 6.00. The number of anilines is 1. The molecule has 5 nitrogen and oxygen atoms in total. The number of carbonyl (C=O) groups excluding carboxylic acids is 1. The molecule has 2 rings (SSSR count). The smallest absolute Gasteiger partial charge is 0.335 e. The lowest BCUT2D eigenvalue weighted by Gasteiger charge is -2.21.